The standard InChI is InChI=1S/C14H15Br2ClN4/c1-2-3-19-12(10-5-9(17)7-21-14(10)18)13-11(16)4-8(15)6-20-13/h4-7,12,19H,2-3H2,1H3,(H2,18,21). The molecule has 0 aliphatic carbocycles. The van der Waals surface area contributed by atoms with E-state index >= 15 is 0 Å². The SMILES string of the molecule is CCCNC(c1cc(Cl)cnc1N)c1ncc(Br)cc1Br. The zero-order valence-corrected chi connectivity index (χ0v) is 15.3. The van der Waals surface area contributed by atoms with Crippen LogP contribution in [-0.2, 0) is 0 Å². The van der Waals surface area contributed by atoms with Gasteiger partial charge in [0.25, 0.3) is 0 Å². The molecule has 0 aromatic carbocycles. The van der Waals surface area contributed by atoms with Crippen molar-refractivity contribution >= 4 is 49.3 Å². The largest absolute Gasteiger partial charge is 0.383 e. The Hall–Kier alpha value is -0.690. The Morgan fingerprint density at radius 3 is 2.71 bits per heavy atom. The molecule has 0 spiro atoms. The minimum absolute atomic E-state index is 0.168. The molecule has 0 amide bonds. The molecule has 3 N–H and O–H groups in total. The monoisotopic (exact) mass is 432 g/mol. The van der Waals surface area contributed by atoms with Gasteiger partial charge in [0, 0.05) is 26.9 Å². The van der Waals surface area contributed by atoms with Gasteiger partial charge in [0.05, 0.1) is 16.8 Å². The summed E-state index contributed by atoms with van der Waals surface area (Å²) in [5.41, 5.74) is 7.69. The van der Waals surface area contributed by atoms with E-state index < -0.39 is 0 Å². The van der Waals surface area contributed by atoms with Crippen molar-refractivity contribution in [2.45, 2.75) is 19.4 Å². The number of nitrogens with one attached hydrogen (secondary N) is 1. The summed E-state index contributed by atoms with van der Waals surface area (Å²) in [5.74, 6) is 0.449. The van der Waals surface area contributed by atoms with Crippen LogP contribution >= 0.6 is 43.5 Å². The second-order valence-electron chi connectivity index (χ2n) is 4.54. The van der Waals surface area contributed by atoms with Crippen molar-refractivity contribution in [3.63, 3.8) is 0 Å². The number of aromatic nitrogens is 2. The molecule has 7 heteroatoms. The molecule has 0 aliphatic heterocycles. The fourth-order valence-corrected chi connectivity index (χ4v) is 3.36. The van der Waals surface area contributed by atoms with E-state index in [1.54, 1.807) is 12.4 Å². The Labute approximate surface area is 145 Å². The van der Waals surface area contributed by atoms with Crippen LogP contribution in [0.15, 0.2) is 33.5 Å². The number of hydrogen-bond acceptors (Lipinski definition) is 4. The van der Waals surface area contributed by atoms with Gasteiger partial charge in [0.1, 0.15) is 5.82 Å². The van der Waals surface area contributed by atoms with E-state index in [9.17, 15) is 0 Å². The maximum Gasteiger partial charge on any atom is 0.128 e. The highest BCUT2D eigenvalue weighted by Crippen LogP contribution is 2.32. The molecule has 4 nitrogen and oxygen atoms in total. The van der Waals surface area contributed by atoms with Crippen molar-refractivity contribution in [2.75, 3.05) is 12.3 Å². The van der Waals surface area contributed by atoms with Gasteiger partial charge in [-0.1, -0.05) is 18.5 Å². The lowest BCUT2D eigenvalue weighted by Gasteiger charge is -2.21. The van der Waals surface area contributed by atoms with Gasteiger partial charge in [-0.05, 0) is 57.0 Å². The number of nitrogen functional groups attached to an aromatic ring is 1. The third-order valence-corrected chi connectivity index (χ3v) is 4.21. The van der Waals surface area contributed by atoms with Gasteiger partial charge < -0.3 is 11.1 Å². The predicted octanol–water partition coefficient (Wildman–Crippen LogP) is 4.33. The molecule has 1 atom stereocenters. The van der Waals surface area contributed by atoms with Crippen molar-refractivity contribution in [3.05, 3.63) is 49.8 Å². The topological polar surface area (TPSA) is 63.8 Å². The van der Waals surface area contributed by atoms with Crippen LogP contribution in [-0.4, -0.2) is 16.5 Å². The van der Waals surface area contributed by atoms with E-state index in [4.69, 9.17) is 17.3 Å². The van der Waals surface area contributed by atoms with Crippen LogP contribution in [0.5, 0.6) is 0 Å². The van der Waals surface area contributed by atoms with Gasteiger partial charge in [0.2, 0.25) is 0 Å². The van der Waals surface area contributed by atoms with Crippen LogP contribution < -0.4 is 11.1 Å². The summed E-state index contributed by atoms with van der Waals surface area (Å²) < 4.78 is 1.80. The highest BCUT2D eigenvalue weighted by molar-refractivity contribution is 9.11. The summed E-state index contributed by atoms with van der Waals surface area (Å²) in [6.07, 6.45) is 4.30. The third kappa shape index (κ3) is 4.16. The first kappa shape index (κ1) is 16.7. The second-order valence-corrected chi connectivity index (χ2v) is 6.74. The molecule has 0 fully saturated rings. The second kappa shape index (κ2) is 7.54. The molecule has 112 valence electrons. The fourth-order valence-electron chi connectivity index (χ4n) is 1.98. The van der Waals surface area contributed by atoms with Crippen molar-refractivity contribution in [2.24, 2.45) is 0 Å². The van der Waals surface area contributed by atoms with E-state index in [0.717, 1.165) is 33.2 Å². The number of halogens is 3. The summed E-state index contributed by atoms with van der Waals surface area (Å²) >= 11 is 13.0. The highest BCUT2D eigenvalue weighted by Gasteiger charge is 2.21. The first-order valence-electron chi connectivity index (χ1n) is 6.48. The van der Waals surface area contributed by atoms with Crippen LogP contribution in [0.4, 0.5) is 5.82 Å². The van der Waals surface area contributed by atoms with E-state index in [-0.39, 0.29) is 6.04 Å². The first-order valence-corrected chi connectivity index (χ1v) is 8.44. The lowest BCUT2D eigenvalue weighted by Crippen LogP contribution is -2.25. The zero-order valence-electron chi connectivity index (χ0n) is 11.4. The summed E-state index contributed by atoms with van der Waals surface area (Å²) in [6, 6.07) is 3.61. The average Bonchev–Trinajstić information content (AvgIpc) is 2.44. The first-order chi connectivity index (χ1) is 10.0. The minimum atomic E-state index is -0.168. The quantitative estimate of drug-likeness (QED) is 0.735. The Kier molecular flexibility index (Phi) is 5.98. The van der Waals surface area contributed by atoms with Crippen molar-refractivity contribution in [3.8, 4) is 0 Å². The van der Waals surface area contributed by atoms with E-state index in [1.165, 1.54) is 0 Å². The molecule has 2 rings (SSSR count). The summed E-state index contributed by atoms with van der Waals surface area (Å²) in [6.45, 7) is 2.94. The van der Waals surface area contributed by atoms with Gasteiger partial charge in [-0.25, -0.2) is 4.98 Å². The van der Waals surface area contributed by atoms with Crippen molar-refractivity contribution in [1.29, 1.82) is 0 Å². The van der Waals surface area contributed by atoms with Gasteiger partial charge in [-0.3, -0.25) is 4.98 Å². The Balaban J connectivity index is 2.49. The van der Waals surface area contributed by atoms with Crippen molar-refractivity contribution in [1.82, 2.24) is 15.3 Å². The molecule has 2 aromatic heterocycles. The number of pyridine rings is 2. The molecule has 0 aliphatic rings. The van der Waals surface area contributed by atoms with Crippen LogP contribution in [0, 0.1) is 0 Å². The molecule has 1 unspecified atom stereocenters. The third-order valence-electron chi connectivity index (χ3n) is 2.94. The Morgan fingerprint density at radius 1 is 1.29 bits per heavy atom. The van der Waals surface area contributed by atoms with Crippen LogP contribution in [0.3, 0.4) is 0 Å². The van der Waals surface area contributed by atoms with Crippen LogP contribution in [0.1, 0.15) is 30.6 Å². The normalized spacial score (nSPS) is 12.4. The summed E-state index contributed by atoms with van der Waals surface area (Å²) in [7, 11) is 0. The number of anilines is 1. The number of nitrogens with zero attached hydrogens (tertiary/aromatic N) is 2. The molecular weight excluding hydrogens is 419 g/mol. The molecule has 2 aromatic rings. The maximum atomic E-state index is 6.06. The number of hydrogen-bond donors (Lipinski definition) is 2. The van der Waals surface area contributed by atoms with E-state index in [2.05, 4.69) is 54.1 Å². The Morgan fingerprint density at radius 2 is 2.05 bits per heavy atom. The van der Waals surface area contributed by atoms with Gasteiger partial charge in [0.15, 0.2) is 0 Å². The molecule has 0 saturated carbocycles. The van der Waals surface area contributed by atoms with Gasteiger partial charge in [-0.15, -0.1) is 0 Å². The molecule has 2 heterocycles. The zero-order chi connectivity index (χ0) is 15.4. The number of rotatable bonds is 5. The molecule has 0 radical (unpaired) electrons. The maximum absolute atomic E-state index is 6.06. The molecule has 21 heavy (non-hydrogen) atoms. The van der Waals surface area contributed by atoms with Crippen LogP contribution in [0.25, 0.3) is 0 Å². The highest BCUT2D eigenvalue weighted by atomic mass is 79.9. The molecular formula is C14H15Br2ClN4. The molecule has 0 bridgehead atoms. The average molecular weight is 435 g/mol. The van der Waals surface area contributed by atoms with E-state index in [1.807, 2.05) is 12.1 Å². The fraction of sp³-hybridized carbons (Fsp3) is 0.286. The lowest BCUT2D eigenvalue weighted by molar-refractivity contribution is 0.584. The summed E-state index contributed by atoms with van der Waals surface area (Å²) in [5, 5.41) is 4.00. The minimum Gasteiger partial charge on any atom is -0.383 e. The molecule has 0 saturated heterocycles. The predicted molar refractivity (Wildman–Crippen MR) is 93.4 cm³/mol. The van der Waals surface area contributed by atoms with Gasteiger partial charge >= 0.3 is 0 Å². The van der Waals surface area contributed by atoms with Crippen LogP contribution in [0.2, 0.25) is 5.02 Å². The van der Waals surface area contributed by atoms with E-state index in [0.29, 0.717) is 10.8 Å². The number of nitrogens with two attached hydrogens (primary N) is 1. The van der Waals surface area contributed by atoms with Crippen molar-refractivity contribution < 1.29 is 0 Å². The Bertz CT molecular complexity index is 636. The smallest absolute Gasteiger partial charge is 0.128 e. The summed E-state index contributed by atoms with van der Waals surface area (Å²) in [4.78, 5) is 8.63. The lowest BCUT2D eigenvalue weighted by atomic mass is 10.0. The van der Waals surface area contributed by atoms with Gasteiger partial charge in [-0.2, -0.15) is 0 Å².